The van der Waals surface area contributed by atoms with Crippen molar-refractivity contribution < 1.29 is 8.42 Å². The summed E-state index contributed by atoms with van der Waals surface area (Å²) in [5.41, 5.74) is 1.07. The number of aryl methyl sites for hydroxylation is 1. The van der Waals surface area contributed by atoms with Gasteiger partial charge in [0.2, 0.25) is 10.0 Å². The van der Waals surface area contributed by atoms with Gasteiger partial charge in [-0.1, -0.05) is 0 Å². The van der Waals surface area contributed by atoms with Crippen LogP contribution in [0.25, 0.3) is 0 Å². The average Bonchev–Trinajstić information content (AvgIpc) is 2.47. The number of hydrogen-bond donors (Lipinski definition) is 2. The zero-order chi connectivity index (χ0) is 15.3. The van der Waals surface area contributed by atoms with Crippen LogP contribution in [0.3, 0.4) is 0 Å². The highest BCUT2D eigenvalue weighted by Crippen LogP contribution is 2.17. The Hall–Kier alpha value is -1.42. The summed E-state index contributed by atoms with van der Waals surface area (Å²) in [5.74, 6) is 0.545. The van der Waals surface area contributed by atoms with E-state index >= 15 is 0 Å². The highest BCUT2D eigenvalue weighted by molar-refractivity contribution is 7.89. The second-order valence-electron chi connectivity index (χ2n) is 5.49. The van der Waals surface area contributed by atoms with E-state index in [1.165, 1.54) is 12.1 Å². The summed E-state index contributed by atoms with van der Waals surface area (Å²) < 4.78 is 27.2. The van der Waals surface area contributed by atoms with E-state index in [1.807, 2.05) is 6.07 Å². The lowest BCUT2D eigenvalue weighted by molar-refractivity contribution is 0.358. The van der Waals surface area contributed by atoms with Crippen molar-refractivity contribution in [3.05, 3.63) is 29.3 Å². The number of benzene rings is 1. The van der Waals surface area contributed by atoms with E-state index in [4.69, 9.17) is 5.26 Å². The topological polar surface area (TPSA) is 82.0 Å². The molecule has 1 aromatic carbocycles. The average molecular weight is 307 g/mol. The van der Waals surface area contributed by atoms with Crippen LogP contribution < -0.4 is 10.0 Å². The van der Waals surface area contributed by atoms with Crippen LogP contribution in [-0.4, -0.2) is 28.1 Å². The van der Waals surface area contributed by atoms with Crippen molar-refractivity contribution >= 4 is 10.0 Å². The van der Waals surface area contributed by atoms with Crippen molar-refractivity contribution in [3.63, 3.8) is 0 Å². The lowest BCUT2D eigenvalue weighted by atomic mass is 9.96. The van der Waals surface area contributed by atoms with E-state index in [0.717, 1.165) is 32.4 Å². The van der Waals surface area contributed by atoms with Gasteiger partial charge in [0, 0.05) is 6.54 Å². The van der Waals surface area contributed by atoms with Gasteiger partial charge in [-0.3, -0.25) is 0 Å². The molecule has 0 spiro atoms. The van der Waals surface area contributed by atoms with Gasteiger partial charge in [-0.05, 0) is 69.0 Å². The minimum Gasteiger partial charge on any atom is -0.316 e. The molecule has 1 atom stereocenters. The van der Waals surface area contributed by atoms with Crippen molar-refractivity contribution in [1.82, 2.24) is 10.0 Å². The molecular formula is C15H21N3O2S. The molecule has 21 heavy (non-hydrogen) atoms. The first-order valence-electron chi connectivity index (χ1n) is 7.24. The van der Waals surface area contributed by atoms with Crippen molar-refractivity contribution in [3.8, 4) is 6.07 Å². The molecule has 6 heteroatoms. The molecule has 1 aromatic rings. The van der Waals surface area contributed by atoms with Crippen LogP contribution in [0, 0.1) is 24.2 Å². The third-order valence-corrected chi connectivity index (χ3v) is 5.46. The van der Waals surface area contributed by atoms with E-state index < -0.39 is 10.0 Å². The zero-order valence-electron chi connectivity index (χ0n) is 12.2. The molecule has 1 heterocycles. The van der Waals surface area contributed by atoms with E-state index in [-0.39, 0.29) is 4.90 Å². The molecule has 2 rings (SSSR count). The number of nitriles is 1. The molecule has 0 aromatic heterocycles. The maximum Gasteiger partial charge on any atom is 0.240 e. The summed E-state index contributed by atoms with van der Waals surface area (Å²) in [6.07, 6.45) is 3.17. The van der Waals surface area contributed by atoms with Gasteiger partial charge in [-0.15, -0.1) is 0 Å². The summed E-state index contributed by atoms with van der Waals surface area (Å²) in [6.45, 7) is 4.19. The number of rotatable bonds is 5. The molecule has 1 aliphatic heterocycles. The van der Waals surface area contributed by atoms with Crippen LogP contribution >= 0.6 is 0 Å². The zero-order valence-corrected chi connectivity index (χ0v) is 13.0. The predicted molar refractivity (Wildman–Crippen MR) is 81.3 cm³/mol. The first kappa shape index (κ1) is 16.0. The minimum atomic E-state index is -3.50. The van der Waals surface area contributed by atoms with E-state index in [1.54, 1.807) is 13.0 Å². The van der Waals surface area contributed by atoms with Gasteiger partial charge in [-0.25, -0.2) is 13.1 Å². The van der Waals surface area contributed by atoms with Crippen LogP contribution in [-0.2, 0) is 10.0 Å². The fourth-order valence-electron chi connectivity index (χ4n) is 2.67. The lowest BCUT2D eigenvalue weighted by Gasteiger charge is -2.22. The highest BCUT2D eigenvalue weighted by Gasteiger charge is 2.18. The summed E-state index contributed by atoms with van der Waals surface area (Å²) in [7, 11) is -3.50. The Morgan fingerprint density at radius 2 is 2.29 bits per heavy atom. The Morgan fingerprint density at radius 3 is 2.90 bits per heavy atom. The number of piperidine rings is 1. The molecule has 1 unspecified atom stereocenters. The van der Waals surface area contributed by atoms with Gasteiger partial charge in [0.25, 0.3) is 0 Å². The minimum absolute atomic E-state index is 0.253. The van der Waals surface area contributed by atoms with Gasteiger partial charge in [0.05, 0.1) is 16.5 Å². The fourth-order valence-corrected chi connectivity index (χ4v) is 3.94. The van der Waals surface area contributed by atoms with Crippen LogP contribution in [0.4, 0.5) is 0 Å². The molecular weight excluding hydrogens is 286 g/mol. The van der Waals surface area contributed by atoms with Crippen molar-refractivity contribution in [1.29, 1.82) is 5.26 Å². The van der Waals surface area contributed by atoms with E-state index in [0.29, 0.717) is 23.6 Å². The molecule has 1 aliphatic rings. The van der Waals surface area contributed by atoms with Crippen molar-refractivity contribution in [2.45, 2.75) is 31.1 Å². The fraction of sp³-hybridized carbons (Fsp3) is 0.533. The molecule has 5 nitrogen and oxygen atoms in total. The second-order valence-corrected chi connectivity index (χ2v) is 7.23. The van der Waals surface area contributed by atoms with Crippen molar-refractivity contribution in [2.24, 2.45) is 5.92 Å². The maximum absolute atomic E-state index is 12.3. The molecule has 0 bridgehead atoms. The summed E-state index contributed by atoms with van der Waals surface area (Å²) in [5, 5.41) is 12.1. The number of nitrogens with zero attached hydrogens (tertiary/aromatic N) is 1. The number of hydrogen-bond acceptors (Lipinski definition) is 4. The van der Waals surface area contributed by atoms with Crippen LogP contribution in [0.1, 0.15) is 30.4 Å². The first-order chi connectivity index (χ1) is 10.0. The normalized spacial score (nSPS) is 19.1. The summed E-state index contributed by atoms with van der Waals surface area (Å²) in [4.78, 5) is 0.253. The Balaban J connectivity index is 1.96. The maximum atomic E-state index is 12.3. The third-order valence-electron chi connectivity index (χ3n) is 3.84. The van der Waals surface area contributed by atoms with Gasteiger partial charge >= 0.3 is 0 Å². The summed E-state index contributed by atoms with van der Waals surface area (Å²) >= 11 is 0. The Morgan fingerprint density at radius 1 is 1.48 bits per heavy atom. The van der Waals surface area contributed by atoms with Crippen LogP contribution in [0.5, 0.6) is 0 Å². The quantitative estimate of drug-likeness (QED) is 0.864. The van der Waals surface area contributed by atoms with Crippen LogP contribution in [0.2, 0.25) is 0 Å². The third kappa shape index (κ3) is 4.27. The number of nitrogens with one attached hydrogen (secondary N) is 2. The van der Waals surface area contributed by atoms with Gasteiger partial charge in [-0.2, -0.15) is 5.26 Å². The Kier molecular flexibility index (Phi) is 5.34. The molecule has 0 radical (unpaired) electrons. The molecule has 0 saturated carbocycles. The van der Waals surface area contributed by atoms with Gasteiger partial charge < -0.3 is 5.32 Å². The predicted octanol–water partition coefficient (Wildman–Crippen LogP) is 1.53. The Labute approximate surface area is 126 Å². The van der Waals surface area contributed by atoms with Gasteiger partial charge in [0.1, 0.15) is 0 Å². The number of sulfonamides is 1. The van der Waals surface area contributed by atoms with Gasteiger partial charge in [0.15, 0.2) is 0 Å². The highest BCUT2D eigenvalue weighted by atomic mass is 32.2. The first-order valence-corrected chi connectivity index (χ1v) is 8.72. The van der Waals surface area contributed by atoms with Crippen molar-refractivity contribution in [2.75, 3.05) is 19.6 Å². The SMILES string of the molecule is Cc1cc(C#N)ccc1S(=O)(=O)NCCC1CCCNC1. The molecule has 2 N–H and O–H groups in total. The largest absolute Gasteiger partial charge is 0.316 e. The molecule has 114 valence electrons. The smallest absolute Gasteiger partial charge is 0.240 e. The monoisotopic (exact) mass is 307 g/mol. The standard InChI is InChI=1S/C15H21N3O2S/c1-12-9-14(10-16)4-5-15(12)21(19,20)18-8-6-13-3-2-7-17-11-13/h4-5,9,13,17-18H,2-3,6-8,11H2,1H3. The van der Waals surface area contributed by atoms with Crippen LogP contribution in [0.15, 0.2) is 23.1 Å². The second kappa shape index (κ2) is 7.03. The molecule has 1 fully saturated rings. The molecule has 1 saturated heterocycles. The Bertz CT molecular complexity index is 629. The summed E-state index contributed by atoms with van der Waals surface area (Å²) in [6, 6.07) is 6.64. The van der Waals surface area contributed by atoms with E-state index in [2.05, 4.69) is 10.0 Å². The molecule has 0 aliphatic carbocycles. The molecule has 0 amide bonds. The van der Waals surface area contributed by atoms with E-state index in [9.17, 15) is 8.42 Å². The lowest BCUT2D eigenvalue weighted by Crippen LogP contribution is -2.33.